The first-order valence-electron chi connectivity index (χ1n) is 5.81. The third-order valence-electron chi connectivity index (χ3n) is 3.19. The van der Waals surface area contributed by atoms with Gasteiger partial charge in [0.1, 0.15) is 17.5 Å². The fourth-order valence-electron chi connectivity index (χ4n) is 2.26. The van der Waals surface area contributed by atoms with E-state index in [2.05, 4.69) is 11.6 Å². The van der Waals surface area contributed by atoms with Gasteiger partial charge in [-0.3, -0.25) is 4.98 Å². The van der Waals surface area contributed by atoms with Gasteiger partial charge in [0, 0.05) is 17.3 Å². The number of rotatable bonds is 2. The maximum atomic E-state index is 10.1. The molecule has 0 radical (unpaired) electrons. The fraction of sp³-hybridized carbons (Fsp3) is 0.133. The van der Waals surface area contributed by atoms with Crippen LogP contribution in [0.1, 0.15) is 28.5 Å². The van der Waals surface area contributed by atoms with Gasteiger partial charge in [0.2, 0.25) is 0 Å². The number of hydrogen-bond acceptors (Lipinski definition) is 3. The molecule has 0 saturated carbocycles. The van der Waals surface area contributed by atoms with E-state index in [4.69, 9.17) is 4.74 Å². The molecule has 1 aliphatic rings. The molecule has 2 heterocycles. The maximum absolute atomic E-state index is 10.1. The lowest BCUT2D eigenvalue weighted by Crippen LogP contribution is -1.99. The molecule has 90 valence electrons. The van der Waals surface area contributed by atoms with Crippen molar-refractivity contribution in [1.29, 1.82) is 0 Å². The van der Waals surface area contributed by atoms with Gasteiger partial charge in [0.15, 0.2) is 0 Å². The Morgan fingerprint density at radius 3 is 2.83 bits per heavy atom. The number of pyridine rings is 1. The molecule has 0 bridgehead atoms. The lowest BCUT2D eigenvalue weighted by atomic mass is 10.0. The summed E-state index contributed by atoms with van der Waals surface area (Å²) in [6, 6.07) is 9.94. The molecule has 3 nitrogen and oxygen atoms in total. The van der Waals surface area contributed by atoms with Crippen molar-refractivity contribution < 1.29 is 9.84 Å². The molecule has 0 saturated heterocycles. The van der Waals surface area contributed by atoms with Crippen LogP contribution in [0.15, 0.2) is 43.1 Å². The monoisotopic (exact) mass is 239 g/mol. The molecular weight excluding hydrogens is 226 g/mol. The Hall–Kier alpha value is -2.13. The first kappa shape index (κ1) is 11.0. The number of hydrogen-bond donors (Lipinski definition) is 1. The number of aromatic nitrogens is 1. The van der Waals surface area contributed by atoms with Crippen molar-refractivity contribution >= 4 is 6.08 Å². The molecule has 1 aromatic carbocycles. The third-order valence-corrected chi connectivity index (χ3v) is 3.19. The summed E-state index contributed by atoms with van der Waals surface area (Å²) in [5, 5.41) is 10.1. The van der Waals surface area contributed by atoms with Crippen LogP contribution < -0.4 is 0 Å². The van der Waals surface area contributed by atoms with E-state index in [1.807, 2.05) is 30.3 Å². The third kappa shape index (κ3) is 1.60. The molecule has 3 heteroatoms. The molecule has 1 aromatic heterocycles. The first-order chi connectivity index (χ1) is 8.81. The van der Waals surface area contributed by atoms with Gasteiger partial charge in [-0.1, -0.05) is 36.9 Å². The zero-order valence-electron chi connectivity index (χ0n) is 9.84. The predicted octanol–water partition coefficient (Wildman–Crippen LogP) is 3.05. The molecule has 3 rings (SSSR count). The second-order valence-electron chi connectivity index (χ2n) is 4.23. The molecule has 2 aromatic rings. The number of nitrogens with zero attached hydrogens (tertiary/aromatic N) is 1. The van der Waals surface area contributed by atoms with Gasteiger partial charge in [0.05, 0.1) is 6.61 Å². The summed E-state index contributed by atoms with van der Waals surface area (Å²) in [7, 11) is 0. The van der Waals surface area contributed by atoms with Crippen LogP contribution in [0.4, 0.5) is 0 Å². The van der Waals surface area contributed by atoms with Crippen LogP contribution >= 0.6 is 0 Å². The molecule has 18 heavy (non-hydrogen) atoms. The van der Waals surface area contributed by atoms with Crippen LogP contribution in [0.3, 0.4) is 0 Å². The van der Waals surface area contributed by atoms with Crippen molar-refractivity contribution in [1.82, 2.24) is 4.98 Å². The molecule has 1 unspecified atom stereocenters. The zero-order valence-corrected chi connectivity index (χ0v) is 9.84. The lowest BCUT2D eigenvalue weighted by Gasteiger charge is -2.11. The van der Waals surface area contributed by atoms with Crippen LogP contribution in [0.25, 0.3) is 6.08 Å². The second kappa shape index (κ2) is 4.27. The van der Waals surface area contributed by atoms with E-state index in [1.54, 1.807) is 12.3 Å². The Morgan fingerprint density at radius 2 is 2.11 bits per heavy atom. The first-order valence-corrected chi connectivity index (χ1v) is 5.81. The minimum absolute atomic E-state index is 0.140. The van der Waals surface area contributed by atoms with Crippen LogP contribution in [0.5, 0.6) is 5.75 Å². The average Bonchev–Trinajstić information content (AvgIpc) is 2.85. The number of ether oxygens (including phenoxy) is 1. The van der Waals surface area contributed by atoms with Crippen molar-refractivity contribution in [3.05, 3.63) is 65.5 Å². The van der Waals surface area contributed by atoms with Gasteiger partial charge in [-0.05, 0) is 11.6 Å². The van der Waals surface area contributed by atoms with Gasteiger partial charge in [-0.2, -0.15) is 0 Å². The average molecular weight is 239 g/mol. The molecular formula is C15H13NO2. The Kier molecular flexibility index (Phi) is 2.61. The topological polar surface area (TPSA) is 42.4 Å². The van der Waals surface area contributed by atoms with E-state index in [0.29, 0.717) is 12.3 Å². The molecule has 0 amide bonds. The van der Waals surface area contributed by atoms with Crippen molar-refractivity contribution in [2.24, 2.45) is 0 Å². The summed E-state index contributed by atoms with van der Waals surface area (Å²) in [5.41, 5.74) is 3.33. The standard InChI is InChI=1S/C15H13NO2/c1-2-13-14(17)12-9-18-15(11(12)8-16-13)10-6-4-3-5-7-10/h2-8,15,17H,1,9H2. The van der Waals surface area contributed by atoms with E-state index in [0.717, 1.165) is 16.7 Å². The van der Waals surface area contributed by atoms with Crippen molar-refractivity contribution in [3.63, 3.8) is 0 Å². The van der Waals surface area contributed by atoms with Crippen LogP contribution in [0, 0.1) is 0 Å². The minimum Gasteiger partial charge on any atom is -0.505 e. The molecule has 1 atom stereocenters. The smallest absolute Gasteiger partial charge is 0.147 e. The maximum Gasteiger partial charge on any atom is 0.147 e. The number of benzene rings is 1. The Morgan fingerprint density at radius 1 is 1.33 bits per heavy atom. The quantitative estimate of drug-likeness (QED) is 0.875. The lowest BCUT2D eigenvalue weighted by molar-refractivity contribution is 0.0932. The second-order valence-corrected chi connectivity index (χ2v) is 4.23. The van der Waals surface area contributed by atoms with E-state index in [-0.39, 0.29) is 11.9 Å². The van der Waals surface area contributed by atoms with Crippen LogP contribution in [0.2, 0.25) is 0 Å². The Labute approximate surface area is 105 Å². The molecule has 0 aliphatic carbocycles. The van der Waals surface area contributed by atoms with Gasteiger partial charge < -0.3 is 9.84 Å². The normalized spacial score (nSPS) is 17.4. The predicted molar refractivity (Wildman–Crippen MR) is 69.1 cm³/mol. The van der Waals surface area contributed by atoms with Gasteiger partial charge in [-0.15, -0.1) is 0 Å². The largest absolute Gasteiger partial charge is 0.505 e. The van der Waals surface area contributed by atoms with Gasteiger partial charge in [0.25, 0.3) is 0 Å². The highest BCUT2D eigenvalue weighted by atomic mass is 16.5. The van der Waals surface area contributed by atoms with Crippen molar-refractivity contribution in [2.75, 3.05) is 0 Å². The summed E-state index contributed by atoms with van der Waals surface area (Å²) >= 11 is 0. The molecule has 0 spiro atoms. The minimum atomic E-state index is -0.140. The molecule has 0 fully saturated rings. The summed E-state index contributed by atoms with van der Waals surface area (Å²) in [6.07, 6.45) is 3.17. The Bertz CT molecular complexity index is 593. The highest BCUT2D eigenvalue weighted by Crippen LogP contribution is 2.40. The van der Waals surface area contributed by atoms with Crippen LogP contribution in [-0.2, 0) is 11.3 Å². The van der Waals surface area contributed by atoms with Gasteiger partial charge in [-0.25, -0.2) is 0 Å². The highest BCUT2D eigenvalue weighted by molar-refractivity contribution is 5.57. The summed E-state index contributed by atoms with van der Waals surface area (Å²) in [4.78, 5) is 4.20. The SMILES string of the molecule is C=Cc1ncc2c(c1O)COC2c1ccccc1. The Balaban J connectivity index is 2.08. The van der Waals surface area contributed by atoms with Crippen LogP contribution in [-0.4, -0.2) is 10.1 Å². The van der Waals surface area contributed by atoms with Crippen molar-refractivity contribution in [2.45, 2.75) is 12.7 Å². The summed E-state index contributed by atoms with van der Waals surface area (Å²) < 4.78 is 5.76. The van der Waals surface area contributed by atoms with E-state index in [1.165, 1.54) is 0 Å². The number of aromatic hydroxyl groups is 1. The summed E-state index contributed by atoms with van der Waals surface area (Å²) in [5.74, 6) is 0.181. The fourth-order valence-corrected chi connectivity index (χ4v) is 2.26. The number of fused-ring (bicyclic) bond motifs is 1. The highest BCUT2D eigenvalue weighted by Gasteiger charge is 2.28. The molecule has 1 aliphatic heterocycles. The summed E-state index contributed by atoms with van der Waals surface area (Å²) in [6.45, 7) is 4.04. The molecule has 1 N–H and O–H groups in total. The zero-order chi connectivity index (χ0) is 12.5. The van der Waals surface area contributed by atoms with E-state index >= 15 is 0 Å². The van der Waals surface area contributed by atoms with Crippen molar-refractivity contribution in [3.8, 4) is 5.75 Å². The van der Waals surface area contributed by atoms with E-state index < -0.39 is 0 Å². The van der Waals surface area contributed by atoms with Gasteiger partial charge >= 0.3 is 0 Å². The van der Waals surface area contributed by atoms with E-state index in [9.17, 15) is 5.11 Å².